The second-order valence-corrected chi connectivity index (χ2v) is 9.25. The molecule has 3 aromatic carbocycles. The third-order valence-electron chi connectivity index (χ3n) is 6.31. The lowest BCUT2D eigenvalue weighted by Gasteiger charge is -2.31. The molecular weight excluding hydrogens is 467 g/mol. The molecule has 5 rings (SSSR count). The molecule has 0 saturated heterocycles. The molecule has 5 aromatic rings. The van der Waals surface area contributed by atoms with Crippen molar-refractivity contribution in [2.45, 2.75) is 5.54 Å². The Kier molecular flexibility index (Phi) is 5.56. The predicted octanol–water partition coefficient (Wildman–Crippen LogP) is 5.50. The van der Waals surface area contributed by atoms with E-state index in [1.807, 2.05) is 84.5 Å². The van der Waals surface area contributed by atoms with E-state index in [9.17, 15) is 4.79 Å². The minimum Gasteiger partial charge on any atom is -0.336 e. The van der Waals surface area contributed by atoms with Crippen molar-refractivity contribution in [3.05, 3.63) is 123 Å². The van der Waals surface area contributed by atoms with Crippen LogP contribution in [0.2, 0.25) is 10.0 Å². The Morgan fingerprint density at radius 1 is 0.882 bits per heavy atom. The number of hydrogen-bond acceptors (Lipinski definition) is 3. The van der Waals surface area contributed by atoms with Gasteiger partial charge in [0.25, 0.3) is 5.56 Å². The topological polar surface area (TPSA) is 65.8 Å². The Balaban J connectivity index is 1.84. The first-order valence-corrected chi connectivity index (χ1v) is 11.5. The van der Waals surface area contributed by atoms with Crippen molar-refractivity contribution in [1.82, 2.24) is 14.1 Å². The Bertz CT molecular complexity index is 1590. The number of aryl methyl sites for hydroxylation is 2. The first kappa shape index (κ1) is 22.4. The summed E-state index contributed by atoms with van der Waals surface area (Å²) in [6, 6.07) is 22.5. The monoisotopic (exact) mass is 488 g/mol. The number of pyridine rings is 1. The van der Waals surface area contributed by atoms with Gasteiger partial charge in [0.2, 0.25) is 0 Å². The number of aromatic nitrogens is 3. The summed E-state index contributed by atoms with van der Waals surface area (Å²) in [6.07, 6.45) is 3.60. The Morgan fingerprint density at radius 3 is 2.29 bits per heavy atom. The van der Waals surface area contributed by atoms with E-state index in [2.05, 4.69) is 4.98 Å². The zero-order valence-electron chi connectivity index (χ0n) is 18.7. The van der Waals surface area contributed by atoms with Gasteiger partial charge in [0.05, 0.1) is 5.52 Å². The number of hydrogen-bond donors (Lipinski definition) is 1. The molecule has 2 heterocycles. The summed E-state index contributed by atoms with van der Waals surface area (Å²) in [6.45, 7) is 0. The summed E-state index contributed by atoms with van der Waals surface area (Å²) in [5.41, 5.74) is 10.2. The van der Waals surface area contributed by atoms with E-state index in [-0.39, 0.29) is 5.56 Å². The molecular formula is C27H22Cl2N4O. The first-order chi connectivity index (χ1) is 16.3. The van der Waals surface area contributed by atoms with E-state index >= 15 is 0 Å². The Morgan fingerprint density at radius 2 is 1.62 bits per heavy atom. The lowest BCUT2D eigenvalue weighted by Crippen LogP contribution is -2.41. The minimum absolute atomic E-state index is 0.101. The molecule has 170 valence electrons. The maximum Gasteiger partial charge on any atom is 0.251 e. The van der Waals surface area contributed by atoms with Gasteiger partial charge in [-0.05, 0) is 58.7 Å². The van der Waals surface area contributed by atoms with Crippen molar-refractivity contribution in [2.24, 2.45) is 19.8 Å². The van der Waals surface area contributed by atoms with Crippen molar-refractivity contribution < 1.29 is 0 Å². The van der Waals surface area contributed by atoms with Gasteiger partial charge in [-0.2, -0.15) is 0 Å². The molecule has 0 fully saturated rings. The van der Waals surface area contributed by atoms with Crippen LogP contribution in [0.5, 0.6) is 0 Å². The summed E-state index contributed by atoms with van der Waals surface area (Å²) < 4.78 is 3.55. The van der Waals surface area contributed by atoms with Gasteiger partial charge in [0.15, 0.2) is 0 Å². The molecule has 0 bridgehead atoms. The zero-order chi connectivity index (χ0) is 24.0. The normalized spacial score (nSPS) is 13.2. The predicted molar refractivity (Wildman–Crippen MR) is 138 cm³/mol. The molecule has 0 aliphatic rings. The van der Waals surface area contributed by atoms with Crippen LogP contribution in [-0.2, 0) is 19.6 Å². The largest absolute Gasteiger partial charge is 0.336 e. The molecule has 0 saturated carbocycles. The number of halogens is 2. The van der Waals surface area contributed by atoms with Crippen LogP contribution in [-0.4, -0.2) is 14.1 Å². The van der Waals surface area contributed by atoms with Crippen LogP contribution in [0.4, 0.5) is 0 Å². The fraction of sp³-hybridized carbons (Fsp3) is 0.111. The quantitative estimate of drug-likeness (QED) is 0.363. The van der Waals surface area contributed by atoms with Gasteiger partial charge < -0.3 is 14.9 Å². The van der Waals surface area contributed by atoms with Crippen LogP contribution < -0.4 is 11.3 Å². The highest BCUT2D eigenvalue weighted by Gasteiger charge is 2.36. The molecule has 1 atom stereocenters. The fourth-order valence-electron chi connectivity index (χ4n) is 4.48. The van der Waals surface area contributed by atoms with E-state index < -0.39 is 5.54 Å². The van der Waals surface area contributed by atoms with Gasteiger partial charge in [-0.3, -0.25) is 4.79 Å². The maximum atomic E-state index is 12.8. The Hall–Kier alpha value is -3.38. The molecule has 0 radical (unpaired) electrons. The average molecular weight is 489 g/mol. The van der Waals surface area contributed by atoms with Crippen molar-refractivity contribution in [2.75, 3.05) is 0 Å². The summed E-state index contributed by atoms with van der Waals surface area (Å²) >= 11 is 12.4. The van der Waals surface area contributed by atoms with Crippen LogP contribution in [0.25, 0.3) is 22.0 Å². The van der Waals surface area contributed by atoms with Crippen LogP contribution in [0.15, 0.2) is 90.0 Å². The second kappa shape index (κ2) is 8.44. The number of imidazole rings is 1. The van der Waals surface area contributed by atoms with Crippen LogP contribution >= 0.6 is 23.2 Å². The summed E-state index contributed by atoms with van der Waals surface area (Å²) in [5.74, 6) is 0.684. The van der Waals surface area contributed by atoms with Crippen LogP contribution in [0.1, 0.15) is 17.0 Å². The molecule has 0 aliphatic carbocycles. The fourth-order valence-corrected chi connectivity index (χ4v) is 4.80. The molecule has 0 aliphatic heterocycles. The van der Waals surface area contributed by atoms with E-state index in [0.29, 0.717) is 15.9 Å². The van der Waals surface area contributed by atoms with Crippen molar-refractivity contribution in [3.63, 3.8) is 0 Å². The molecule has 5 nitrogen and oxygen atoms in total. The van der Waals surface area contributed by atoms with Crippen molar-refractivity contribution in [3.8, 4) is 11.1 Å². The van der Waals surface area contributed by atoms with Crippen molar-refractivity contribution >= 4 is 34.1 Å². The average Bonchev–Trinajstić information content (AvgIpc) is 3.27. The molecule has 34 heavy (non-hydrogen) atoms. The van der Waals surface area contributed by atoms with Gasteiger partial charge in [-0.15, -0.1) is 0 Å². The first-order valence-electron chi connectivity index (χ1n) is 10.7. The SMILES string of the molecule is Cn1ccnc1[C@@](N)(c1ccc(Cl)cc1)c1ccc2c(c1)c(-c1cccc(Cl)c1)cc(=O)n2C. The van der Waals surface area contributed by atoms with Gasteiger partial charge in [0.1, 0.15) is 11.4 Å². The maximum absolute atomic E-state index is 12.8. The molecule has 2 aromatic heterocycles. The highest BCUT2D eigenvalue weighted by molar-refractivity contribution is 6.31. The van der Waals surface area contributed by atoms with Crippen molar-refractivity contribution in [1.29, 1.82) is 0 Å². The number of nitrogens with two attached hydrogens (primary N) is 1. The van der Waals surface area contributed by atoms with E-state index in [1.54, 1.807) is 23.9 Å². The Labute approximate surface area is 207 Å². The lowest BCUT2D eigenvalue weighted by atomic mass is 9.81. The number of rotatable bonds is 4. The van der Waals surface area contributed by atoms with E-state index in [4.69, 9.17) is 28.9 Å². The third kappa shape index (κ3) is 3.62. The lowest BCUT2D eigenvalue weighted by molar-refractivity contribution is 0.574. The van der Waals surface area contributed by atoms with E-state index in [1.165, 1.54) is 0 Å². The molecule has 2 N–H and O–H groups in total. The second-order valence-electron chi connectivity index (χ2n) is 8.37. The molecule has 0 spiro atoms. The van der Waals surface area contributed by atoms with Crippen LogP contribution in [0.3, 0.4) is 0 Å². The van der Waals surface area contributed by atoms with Gasteiger partial charge >= 0.3 is 0 Å². The molecule has 0 unspecified atom stereocenters. The number of nitrogens with zero attached hydrogens (tertiary/aromatic N) is 3. The molecule has 7 heteroatoms. The highest BCUT2D eigenvalue weighted by atomic mass is 35.5. The summed E-state index contributed by atoms with van der Waals surface area (Å²) in [7, 11) is 3.68. The highest BCUT2D eigenvalue weighted by Crippen LogP contribution is 2.37. The van der Waals surface area contributed by atoms with E-state index in [0.717, 1.165) is 33.2 Å². The third-order valence-corrected chi connectivity index (χ3v) is 6.80. The minimum atomic E-state index is -1.06. The van der Waals surface area contributed by atoms with Gasteiger partial charge in [0, 0.05) is 48.0 Å². The smallest absolute Gasteiger partial charge is 0.251 e. The summed E-state index contributed by atoms with van der Waals surface area (Å²) in [5, 5.41) is 2.12. The van der Waals surface area contributed by atoms with Gasteiger partial charge in [-0.25, -0.2) is 4.98 Å². The zero-order valence-corrected chi connectivity index (χ0v) is 20.2. The van der Waals surface area contributed by atoms with Gasteiger partial charge in [-0.1, -0.05) is 53.5 Å². The summed E-state index contributed by atoms with van der Waals surface area (Å²) in [4.78, 5) is 17.4. The van der Waals surface area contributed by atoms with Crippen LogP contribution in [0, 0.1) is 0 Å². The number of benzene rings is 3. The standard InChI is InChI=1S/C27H22Cl2N4O/c1-32-13-12-31-26(32)27(30,18-6-9-20(28)10-7-18)19-8-11-24-23(15-19)22(16-25(34)33(24)2)17-4-3-5-21(29)14-17/h3-16H,30H2,1-2H3/t27-/m1/s1. The molecule has 0 amide bonds. The number of fused-ring (bicyclic) bond motifs is 1.